The van der Waals surface area contributed by atoms with Crippen molar-refractivity contribution in [2.24, 2.45) is 17.6 Å². The predicted molar refractivity (Wildman–Crippen MR) is 193 cm³/mol. The van der Waals surface area contributed by atoms with E-state index in [2.05, 4.69) is 47.4 Å². The predicted octanol–water partition coefficient (Wildman–Crippen LogP) is 5.43. The van der Waals surface area contributed by atoms with E-state index in [9.17, 15) is 19.2 Å². The number of rotatable bonds is 13. The molecule has 1 saturated heterocycles. The highest BCUT2D eigenvalue weighted by Gasteiger charge is 2.41. The van der Waals surface area contributed by atoms with Gasteiger partial charge in [-0.2, -0.15) is 4.21 Å². The minimum absolute atomic E-state index is 0.0150. The zero-order valence-electron chi connectivity index (χ0n) is 28.0. The summed E-state index contributed by atoms with van der Waals surface area (Å²) in [6, 6.07) is 16.7. The average molecular weight is 700 g/mol. The van der Waals surface area contributed by atoms with Crippen molar-refractivity contribution in [2.45, 2.75) is 84.3 Å². The van der Waals surface area contributed by atoms with Crippen molar-refractivity contribution in [3.8, 4) is 0 Å². The second-order valence-electron chi connectivity index (χ2n) is 11.6. The Morgan fingerprint density at radius 1 is 1.10 bits per heavy atom. The van der Waals surface area contributed by atoms with Crippen LogP contribution in [0.2, 0.25) is 0 Å². The van der Waals surface area contributed by atoms with Crippen molar-refractivity contribution in [3.63, 3.8) is 0 Å². The molecule has 1 aromatic heterocycles. The van der Waals surface area contributed by atoms with Gasteiger partial charge < -0.3 is 20.9 Å². The number of benzene rings is 2. The number of nitrogens with two attached hydrogens (primary N) is 1. The van der Waals surface area contributed by atoms with E-state index < -0.39 is 11.9 Å². The fourth-order valence-corrected chi connectivity index (χ4v) is 5.66. The Bertz CT molecular complexity index is 1440. The Hall–Kier alpha value is -3.94. The number of allylic oxidation sites excluding steroid dienone is 2. The largest absolute Gasteiger partial charge is 0.376 e. The van der Waals surface area contributed by atoms with Gasteiger partial charge in [0.15, 0.2) is 12.5 Å². The van der Waals surface area contributed by atoms with Crippen LogP contribution in [0.4, 0.5) is 5.69 Å². The maximum atomic E-state index is 12.0. The first-order valence-electron chi connectivity index (χ1n) is 16.5. The molecule has 4 unspecified atom stereocenters. The SMILES string of the molecule is CCCCC/C=C\C1CC1C(=O)NOC(C)CC.NC(=O)C1CCCN1C(=O)CNc1ccccc1.O=S.O=c1[nH]c2ccccc2s1. The van der Waals surface area contributed by atoms with Gasteiger partial charge in [0.05, 0.1) is 22.9 Å². The summed E-state index contributed by atoms with van der Waals surface area (Å²) in [7, 11) is 0. The minimum Gasteiger partial charge on any atom is -0.376 e. The number of carbonyl (C=O) groups is 3. The number of primary amides is 1. The lowest BCUT2D eigenvalue weighted by Crippen LogP contribution is -2.45. The Kier molecular flexibility index (Phi) is 18.9. The molecule has 4 atom stereocenters. The number of para-hydroxylation sites is 2. The number of unbranched alkanes of at least 4 members (excludes halogenated alkanes) is 3. The monoisotopic (exact) mass is 699 g/mol. The number of amides is 3. The number of hydrogen-bond donors (Lipinski definition) is 4. The van der Waals surface area contributed by atoms with E-state index in [1.807, 2.05) is 68.4 Å². The Labute approximate surface area is 292 Å². The molecular formula is C35H49N5O6S2. The molecule has 2 fully saturated rings. The number of nitrogens with one attached hydrogen (secondary N) is 3. The molecular weight excluding hydrogens is 651 g/mol. The van der Waals surface area contributed by atoms with Gasteiger partial charge in [-0.1, -0.05) is 80.5 Å². The number of anilines is 1. The molecule has 0 spiro atoms. The smallest absolute Gasteiger partial charge is 0.305 e. The first-order valence-corrected chi connectivity index (χ1v) is 17.6. The molecule has 11 nitrogen and oxygen atoms in total. The van der Waals surface area contributed by atoms with Crippen LogP contribution in [0.25, 0.3) is 10.2 Å². The first-order chi connectivity index (χ1) is 23.2. The molecule has 1 aliphatic carbocycles. The minimum atomic E-state index is -0.435. The molecule has 3 aromatic rings. The molecule has 1 aliphatic heterocycles. The number of H-pyrrole nitrogens is 1. The van der Waals surface area contributed by atoms with Crippen LogP contribution in [0, 0.1) is 11.8 Å². The van der Waals surface area contributed by atoms with E-state index in [4.69, 9.17) is 14.8 Å². The molecule has 262 valence electrons. The van der Waals surface area contributed by atoms with Crippen molar-refractivity contribution < 1.29 is 23.4 Å². The topological polar surface area (TPSA) is 164 Å². The zero-order chi connectivity index (χ0) is 35.3. The normalized spacial score (nSPS) is 18.3. The van der Waals surface area contributed by atoms with Crippen molar-refractivity contribution in [2.75, 3.05) is 18.4 Å². The lowest BCUT2D eigenvalue weighted by Gasteiger charge is -2.22. The van der Waals surface area contributed by atoms with Gasteiger partial charge in [-0.15, -0.1) is 0 Å². The summed E-state index contributed by atoms with van der Waals surface area (Å²) in [6.45, 7) is 7.01. The van der Waals surface area contributed by atoms with Gasteiger partial charge in [-0.25, -0.2) is 5.48 Å². The number of aromatic nitrogens is 1. The fraction of sp³-hybridized carbons (Fsp3) is 0.486. The number of aromatic amines is 1. The second kappa shape index (κ2) is 22.6. The van der Waals surface area contributed by atoms with Crippen LogP contribution in [0.1, 0.15) is 72.1 Å². The third-order valence-electron chi connectivity index (χ3n) is 7.92. The number of fused-ring (bicyclic) bond motifs is 1. The van der Waals surface area contributed by atoms with E-state index in [0.717, 1.165) is 41.6 Å². The summed E-state index contributed by atoms with van der Waals surface area (Å²) in [5, 5.41) is 3.04. The molecule has 5 rings (SSSR count). The van der Waals surface area contributed by atoms with E-state index >= 15 is 0 Å². The molecule has 48 heavy (non-hydrogen) atoms. The van der Waals surface area contributed by atoms with Crippen LogP contribution in [0.15, 0.2) is 71.5 Å². The Morgan fingerprint density at radius 3 is 2.48 bits per heavy atom. The van der Waals surface area contributed by atoms with E-state index in [1.165, 1.54) is 30.6 Å². The number of hydroxylamine groups is 1. The summed E-state index contributed by atoms with van der Waals surface area (Å²) in [6.07, 6.45) is 12.9. The molecule has 1 saturated carbocycles. The first kappa shape index (κ1) is 40.2. The van der Waals surface area contributed by atoms with Crippen molar-refractivity contribution in [1.82, 2.24) is 15.4 Å². The summed E-state index contributed by atoms with van der Waals surface area (Å²) in [4.78, 5) is 55.2. The van der Waals surface area contributed by atoms with Crippen LogP contribution < -0.4 is 21.4 Å². The van der Waals surface area contributed by atoms with Gasteiger partial charge in [-0.3, -0.25) is 24.0 Å². The second-order valence-corrected chi connectivity index (χ2v) is 12.6. The average Bonchev–Trinajstić information content (AvgIpc) is 3.51. The van der Waals surface area contributed by atoms with Gasteiger partial charge in [0.1, 0.15) is 6.04 Å². The van der Waals surface area contributed by atoms with Gasteiger partial charge in [0, 0.05) is 18.2 Å². The maximum absolute atomic E-state index is 12.0. The van der Waals surface area contributed by atoms with Crippen LogP contribution in [0.3, 0.4) is 0 Å². The summed E-state index contributed by atoms with van der Waals surface area (Å²) < 4.78 is 8.85. The van der Waals surface area contributed by atoms with Gasteiger partial charge in [-0.05, 0) is 75.6 Å². The molecule has 2 aromatic carbocycles. The molecule has 5 N–H and O–H groups in total. The van der Waals surface area contributed by atoms with Gasteiger partial charge in [0.2, 0.25) is 17.7 Å². The highest BCUT2D eigenvalue weighted by molar-refractivity contribution is 7.44. The van der Waals surface area contributed by atoms with Crippen LogP contribution in [-0.2, 0) is 31.8 Å². The molecule has 2 aliphatic rings. The van der Waals surface area contributed by atoms with Crippen molar-refractivity contribution in [3.05, 3.63) is 76.4 Å². The van der Waals surface area contributed by atoms with E-state index in [0.29, 0.717) is 18.9 Å². The van der Waals surface area contributed by atoms with Crippen LogP contribution in [-0.4, -0.2) is 57.0 Å². The third-order valence-corrected chi connectivity index (χ3v) is 8.78. The quantitative estimate of drug-likeness (QED) is 0.104. The maximum Gasteiger partial charge on any atom is 0.305 e. The molecule has 0 radical (unpaired) electrons. The number of thiazole rings is 1. The highest BCUT2D eigenvalue weighted by Crippen LogP contribution is 2.39. The zero-order valence-corrected chi connectivity index (χ0v) is 29.7. The summed E-state index contributed by atoms with van der Waals surface area (Å²) >= 11 is 4.07. The number of nitrogens with zero attached hydrogens (tertiary/aromatic N) is 1. The van der Waals surface area contributed by atoms with Gasteiger partial charge >= 0.3 is 4.87 Å². The third kappa shape index (κ3) is 14.4. The number of hydrogen-bond acceptors (Lipinski definition) is 9. The number of likely N-dealkylation sites (tertiary alicyclic amines) is 1. The fourth-order valence-electron chi connectivity index (χ4n) is 4.92. The lowest BCUT2D eigenvalue weighted by molar-refractivity contribution is -0.139. The standard InChI is InChI=1S/C15H27NO2.C13H17N3O2.C7H5NOS.OS/c1-4-6-7-8-9-10-13-11-14(13)15(17)16-18-12(3)5-2;14-13(18)11-7-4-8-16(11)12(17)9-15-10-5-2-1-3-6-10;9-7-8-5-3-1-2-4-6(5)10-7;1-2/h9-10,12-14H,4-8,11H2,1-3H3,(H,16,17);1-3,5-6,11,15H,4,7-9H2,(H2,14,18);1-4H,(H,8,9);/b10-9-;;;. The lowest BCUT2D eigenvalue weighted by atomic mass is 10.2. The molecule has 0 bridgehead atoms. The molecule has 3 amide bonds. The van der Waals surface area contributed by atoms with E-state index in [1.54, 1.807) is 4.90 Å². The Morgan fingerprint density at radius 2 is 1.81 bits per heavy atom. The van der Waals surface area contributed by atoms with Gasteiger partial charge in [0.25, 0.3) is 0 Å². The summed E-state index contributed by atoms with van der Waals surface area (Å²) in [5.41, 5.74) is 9.66. The van der Waals surface area contributed by atoms with Crippen LogP contribution >= 0.6 is 11.3 Å². The molecule has 2 heterocycles. The van der Waals surface area contributed by atoms with E-state index in [-0.39, 0.29) is 35.3 Å². The van der Waals surface area contributed by atoms with Crippen LogP contribution in [0.5, 0.6) is 0 Å². The van der Waals surface area contributed by atoms with Crippen molar-refractivity contribution >= 4 is 57.5 Å². The highest BCUT2D eigenvalue weighted by atomic mass is 32.1. The molecule has 13 heteroatoms. The summed E-state index contributed by atoms with van der Waals surface area (Å²) in [5.74, 6) is 0.114. The van der Waals surface area contributed by atoms with Crippen molar-refractivity contribution in [1.29, 1.82) is 0 Å². The number of carbonyl (C=O) groups excluding carboxylic acids is 3. The Balaban J connectivity index is 0.000000252.